The van der Waals surface area contributed by atoms with Crippen LogP contribution in [0.5, 0.6) is 0 Å². The van der Waals surface area contributed by atoms with Crippen molar-refractivity contribution in [2.24, 2.45) is 0 Å². The molecule has 12 nitrogen and oxygen atoms in total. The van der Waals surface area contributed by atoms with Gasteiger partial charge in [-0.2, -0.15) is 10.2 Å². The van der Waals surface area contributed by atoms with Crippen molar-refractivity contribution in [3.05, 3.63) is 34.0 Å². The van der Waals surface area contributed by atoms with E-state index in [-0.39, 0.29) is 12.1 Å². The van der Waals surface area contributed by atoms with Crippen molar-refractivity contribution in [2.45, 2.75) is 70.9 Å². The number of aryl methyl sites for hydroxylation is 1. The van der Waals surface area contributed by atoms with Gasteiger partial charge in [-0.15, -0.1) is 11.3 Å². The van der Waals surface area contributed by atoms with Gasteiger partial charge in [0.2, 0.25) is 11.7 Å². The number of likely N-dealkylation sites (N-methyl/N-ethyl adjacent to an activating group) is 1. The van der Waals surface area contributed by atoms with Gasteiger partial charge in [0.15, 0.2) is 0 Å². The maximum absolute atomic E-state index is 12.7. The van der Waals surface area contributed by atoms with Gasteiger partial charge < -0.3 is 34.6 Å². The molecular formula is C32H43N9O3S. The van der Waals surface area contributed by atoms with Crippen molar-refractivity contribution >= 4 is 33.9 Å². The zero-order valence-corrected chi connectivity index (χ0v) is 27.9. The Balaban J connectivity index is 1.33. The summed E-state index contributed by atoms with van der Waals surface area (Å²) in [6, 6.07) is 6.74. The summed E-state index contributed by atoms with van der Waals surface area (Å²) in [5.41, 5.74) is 8.18. The summed E-state index contributed by atoms with van der Waals surface area (Å²) in [5, 5.41) is 14.9. The zero-order chi connectivity index (χ0) is 32.1. The SMILES string of the molecule is C[C@H]1CN(C)CCN1c1cc(N2CCN(C(=O)OC(C)(C)C)CC2)cc(-c2noc(C3(C)CCCc4sc(N)c(C#N)c43)n2)n1. The van der Waals surface area contributed by atoms with Crippen LogP contribution in [0.25, 0.3) is 11.5 Å². The highest BCUT2D eigenvalue weighted by atomic mass is 32.1. The molecule has 2 saturated heterocycles. The number of amides is 1. The Morgan fingerprint density at radius 1 is 1.18 bits per heavy atom. The first-order valence-corrected chi connectivity index (χ1v) is 16.5. The maximum atomic E-state index is 12.7. The molecule has 6 rings (SSSR count). The predicted octanol–water partition coefficient (Wildman–Crippen LogP) is 4.49. The minimum absolute atomic E-state index is 0.275. The van der Waals surface area contributed by atoms with Gasteiger partial charge in [-0.05, 0) is 67.0 Å². The zero-order valence-electron chi connectivity index (χ0n) is 27.1. The van der Waals surface area contributed by atoms with E-state index in [4.69, 9.17) is 25.0 Å². The summed E-state index contributed by atoms with van der Waals surface area (Å²) < 4.78 is 11.6. The van der Waals surface area contributed by atoms with E-state index >= 15 is 0 Å². The minimum atomic E-state index is -0.609. The van der Waals surface area contributed by atoms with E-state index in [0.717, 1.165) is 60.8 Å². The Labute approximate surface area is 268 Å². The normalized spacial score (nSPS) is 22.7. The summed E-state index contributed by atoms with van der Waals surface area (Å²) in [7, 11) is 2.14. The first-order chi connectivity index (χ1) is 21.4. The lowest BCUT2D eigenvalue weighted by Gasteiger charge is -2.40. The molecular weight excluding hydrogens is 590 g/mol. The lowest BCUT2D eigenvalue weighted by molar-refractivity contribution is 0.0240. The number of carbonyl (C=O) groups excluding carboxylic acids is 1. The van der Waals surface area contributed by atoms with Crippen LogP contribution >= 0.6 is 11.3 Å². The van der Waals surface area contributed by atoms with Crippen molar-refractivity contribution in [3.63, 3.8) is 0 Å². The standard InChI is InChI=1S/C32H43N9O3S/c1-20-19-38(6)10-15-41(20)25-17-21(39-11-13-40(14-12-39)30(42)43-31(2,3)4)16-23(35-25)28-36-29(44-37-28)32(5)9-7-8-24-26(32)22(18-33)27(34)45-24/h16-17,20H,7-15,19,34H2,1-6H3/t20-,32?/m0/s1. The van der Waals surface area contributed by atoms with E-state index in [0.29, 0.717) is 54.2 Å². The van der Waals surface area contributed by atoms with Crippen molar-refractivity contribution < 1.29 is 14.1 Å². The number of fused-ring (bicyclic) bond motifs is 1. The van der Waals surface area contributed by atoms with Crippen LogP contribution in [0.1, 0.15) is 69.4 Å². The number of aromatic nitrogens is 3. The number of piperazine rings is 2. The Hall–Kier alpha value is -3.89. The number of nitrogens with zero attached hydrogens (tertiary/aromatic N) is 8. The van der Waals surface area contributed by atoms with E-state index in [9.17, 15) is 10.1 Å². The third-order valence-corrected chi connectivity index (χ3v) is 10.2. The van der Waals surface area contributed by atoms with E-state index in [1.165, 1.54) is 11.3 Å². The minimum Gasteiger partial charge on any atom is -0.444 e. The summed E-state index contributed by atoms with van der Waals surface area (Å²) in [4.78, 5) is 32.6. The number of anilines is 3. The van der Waals surface area contributed by atoms with Crippen molar-refractivity contribution in [1.82, 2.24) is 24.9 Å². The number of thiophene rings is 1. The lowest BCUT2D eigenvalue weighted by atomic mass is 9.72. The van der Waals surface area contributed by atoms with Crippen LogP contribution in [0, 0.1) is 11.3 Å². The molecule has 0 radical (unpaired) electrons. The topological polar surface area (TPSA) is 141 Å². The number of rotatable bonds is 4. The number of nitrogen functional groups attached to an aromatic ring is 1. The molecule has 240 valence electrons. The molecule has 45 heavy (non-hydrogen) atoms. The predicted molar refractivity (Wildman–Crippen MR) is 175 cm³/mol. The van der Waals surface area contributed by atoms with Crippen LogP contribution in [-0.2, 0) is 16.6 Å². The van der Waals surface area contributed by atoms with Crippen LogP contribution in [0.15, 0.2) is 16.7 Å². The third kappa shape index (κ3) is 6.05. The summed E-state index contributed by atoms with van der Waals surface area (Å²) in [5.74, 6) is 1.75. The number of hydrogen-bond donors (Lipinski definition) is 1. The van der Waals surface area contributed by atoms with Gasteiger partial charge in [-0.3, -0.25) is 0 Å². The highest BCUT2D eigenvalue weighted by Gasteiger charge is 2.43. The van der Waals surface area contributed by atoms with Crippen molar-refractivity contribution in [3.8, 4) is 17.6 Å². The van der Waals surface area contributed by atoms with Crippen molar-refractivity contribution in [1.29, 1.82) is 5.26 Å². The number of nitrogens with two attached hydrogens (primary N) is 1. The number of pyridine rings is 1. The second-order valence-corrected chi connectivity index (χ2v) is 14.8. The fraction of sp³-hybridized carbons (Fsp3) is 0.594. The summed E-state index contributed by atoms with van der Waals surface area (Å²) in [6.45, 7) is 15.1. The molecule has 3 aromatic rings. The highest BCUT2D eigenvalue weighted by molar-refractivity contribution is 7.16. The number of ether oxygens (including phenoxy) is 1. The molecule has 2 fully saturated rings. The molecule has 0 spiro atoms. The smallest absolute Gasteiger partial charge is 0.410 e. The average molecular weight is 634 g/mol. The molecule has 2 aliphatic heterocycles. The van der Waals surface area contributed by atoms with E-state index in [1.54, 1.807) is 4.90 Å². The fourth-order valence-corrected chi connectivity index (χ4v) is 7.95. The van der Waals surface area contributed by atoms with Crippen molar-refractivity contribution in [2.75, 3.05) is 68.4 Å². The van der Waals surface area contributed by atoms with Gasteiger partial charge in [0.25, 0.3) is 0 Å². The Bertz CT molecular complexity index is 1610. The molecule has 1 amide bonds. The monoisotopic (exact) mass is 633 g/mol. The van der Waals surface area contributed by atoms with Crippen LogP contribution < -0.4 is 15.5 Å². The average Bonchev–Trinajstić information content (AvgIpc) is 3.62. The lowest BCUT2D eigenvalue weighted by Crippen LogP contribution is -2.51. The number of hydrogen-bond acceptors (Lipinski definition) is 12. The molecule has 1 aliphatic carbocycles. The third-order valence-electron chi connectivity index (χ3n) is 9.10. The molecule has 2 atom stereocenters. The molecule has 0 bridgehead atoms. The highest BCUT2D eigenvalue weighted by Crippen LogP contribution is 2.48. The molecule has 2 N–H and O–H groups in total. The van der Waals surface area contributed by atoms with Gasteiger partial charge in [-0.25, -0.2) is 9.78 Å². The number of carbonyl (C=O) groups is 1. The molecule has 5 heterocycles. The van der Waals surface area contributed by atoms with E-state index < -0.39 is 11.0 Å². The van der Waals surface area contributed by atoms with Gasteiger partial charge in [0.05, 0.1) is 11.0 Å². The van der Waals surface area contributed by atoms with Gasteiger partial charge >= 0.3 is 6.09 Å². The summed E-state index contributed by atoms with van der Waals surface area (Å²) in [6.07, 6.45) is 2.34. The van der Waals surface area contributed by atoms with Crippen LogP contribution in [0.4, 0.5) is 21.3 Å². The second kappa shape index (κ2) is 11.8. The second-order valence-electron chi connectivity index (χ2n) is 13.7. The van der Waals surface area contributed by atoms with Crippen LogP contribution in [0.3, 0.4) is 0 Å². The first kappa shape index (κ1) is 31.1. The molecule has 13 heteroatoms. The molecule has 3 aromatic heterocycles. The van der Waals surface area contributed by atoms with Gasteiger partial charge in [0.1, 0.15) is 28.2 Å². The first-order valence-electron chi connectivity index (χ1n) is 15.7. The van der Waals surface area contributed by atoms with E-state index in [1.807, 2.05) is 26.8 Å². The van der Waals surface area contributed by atoms with Crippen LogP contribution in [0.2, 0.25) is 0 Å². The molecule has 1 unspecified atom stereocenters. The molecule has 0 aromatic carbocycles. The quantitative estimate of drug-likeness (QED) is 0.435. The Kier molecular flexibility index (Phi) is 8.16. The maximum Gasteiger partial charge on any atom is 0.410 e. The fourth-order valence-electron chi connectivity index (χ4n) is 6.76. The summed E-state index contributed by atoms with van der Waals surface area (Å²) >= 11 is 1.49. The number of nitriles is 1. The van der Waals surface area contributed by atoms with E-state index in [2.05, 4.69) is 52.9 Å². The Morgan fingerprint density at radius 2 is 1.93 bits per heavy atom. The molecule has 3 aliphatic rings. The molecule has 0 saturated carbocycles. The largest absolute Gasteiger partial charge is 0.444 e. The van der Waals surface area contributed by atoms with Gasteiger partial charge in [0, 0.05) is 74.0 Å². The Morgan fingerprint density at radius 3 is 2.62 bits per heavy atom. The van der Waals surface area contributed by atoms with Crippen LogP contribution in [-0.4, -0.2) is 95.5 Å². The van der Waals surface area contributed by atoms with Gasteiger partial charge in [-0.1, -0.05) is 5.16 Å².